The molecule has 0 aromatic heterocycles. The van der Waals surface area contributed by atoms with Gasteiger partial charge < -0.3 is 15.5 Å². The summed E-state index contributed by atoms with van der Waals surface area (Å²) in [4.78, 5) is 12.2. The molecule has 0 fully saturated rings. The van der Waals surface area contributed by atoms with Crippen LogP contribution in [0.2, 0.25) is 0 Å². The topological polar surface area (TPSA) is 69.6 Å². The van der Waals surface area contributed by atoms with E-state index in [1.54, 1.807) is 6.08 Å². The Morgan fingerprint density at radius 1 is 0.489 bits per heavy atom. The summed E-state index contributed by atoms with van der Waals surface area (Å²) in [6, 6.07) is -0.613. The second-order valence-corrected chi connectivity index (χ2v) is 14.8. The zero-order chi connectivity index (χ0) is 34.3. The lowest BCUT2D eigenvalue weighted by molar-refractivity contribution is -0.123. The highest BCUT2D eigenvalue weighted by atomic mass is 16.3. The van der Waals surface area contributed by atoms with Crippen molar-refractivity contribution in [3.05, 3.63) is 12.2 Å². The van der Waals surface area contributed by atoms with E-state index in [-0.39, 0.29) is 12.5 Å². The fraction of sp³-hybridized carbons (Fsp3) is 0.930. The summed E-state index contributed by atoms with van der Waals surface area (Å²) in [5, 5.41) is 22.6. The van der Waals surface area contributed by atoms with Crippen molar-refractivity contribution in [2.75, 3.05) is 6.61 Å². The number of carbonyl (C=O) groups is 1. The van der Waals surface area contributed by atoms with E-state index in [1.165, 1.54) is 193 Å². The quantitative estimate of drug-likeness (QED) is 0.0453. The van der Waals surface area contributed by atoms with Gasteiger partial charge in [-0.15, -0.1) is 0 Å². The number of hydrogen-bond donors (Lipinski definition) is 3. The normalized spacial score (nSPS) is 13.0. The summed E-state index contributed by atoms with van der Waals surface area (Å²) >= 11 is 0. The number of aliphatic hydroxyl groups excluding tert-OH is 2. The second kappa shape index (κ2) is 39.6. The van der Waals surface area contributed by atoms with Gasteiger partial charge in [0.15, 0.2) is 0 Å². The van der Waals surface area contributed by atoms with Crippen molar-refractivity contribution in [1.29, 1.82) is 0 Å². The third-order valence-electron chi connectivity index (χ3n) is 10.0. The van der Waals surface area contributed by atoms with Gasteiger partial charge in [0.1, 0.15) is 0 Å². The molecule has 0 saturated carbocycles. The molecule has 0 radical (unpaired) electrons. The molecule has 0 saturated heterocycles. The van der Waals surface area contributed by atoms with Gasteiger partial charge in [-0.25, -0.2) is 0 Å². The lowest BCUT2D eigenvalue weighted by atomic mass is 10.0. The molecule has 4 nitrogen and oxygen atoms in total. The van der Waals surface area contributed by atoms with Crippen LogP contribution in [0.3, 0.4) is 0 Å². The number of hydrogen-bond acceptors (Lipinski definition) is 3. The van der Waals surface area contributed by atoms with Gasteiger partial charge in [-0.05, 0) is 19.3 Å². The zero-order valence-corrected chi connectivity index (χ0v) is 32.1. The summed E-state index contributed by atoms with van der Waals surface area (Å²) in [5.41, 5.74) is 0. The molecule has 0 aliphatic heterocycles. The Morgan fingerprint density at radius 3 is 1.11 bits per heavy atom. The van der Waals surface area contributed by atoms with Crippen LogP contribution >= 0.6 is 0 Å². The van der Waals surface area contributed by atoms with Crippen LogP contribution in [-0.4, -0.2) is 34.9 Å². The van der Waals surface area contributed by atoms with Crippen molar-refractivity contribution in [2.45, 2.75) is 251 Å². The molecule has 280 valence electrons. The molecule has 47 heavy (non-hydrogen) atoms. The molecule has 0 spiro atoms. The maximum Gasteiger partial charge on any atom is 0.220 e. The first-order valence-electron chi connectivity index (χ1n) is 21.4. The first-order chi connectivity index (χ1) is 23.2. The molecule has 0 aromatic rings. The molecule has 0 bridgehead atoms. The maximum absolute atomic E-state index is 12.2. The van der Waals surface area contributed by atoms with Crippen LogP contribution in [0.4, 0.5) is 0 Å². The summed E-state index contributed by atoms with van der Waals surface area (Å²) in [7, 11) is 0. The Bertz CT molecular complexity index is 637. The molecule has 0 heterocycles. The van der Waals surface area contributed by atoms with E-state index >= 15 is 0 Å². The maximum atomic E-state index is 12.2. The molecule has 0 aliphatic rings. The molecule has 1 amide bonds. The van der Waals surface area contributed by atoms with Crippen molar-refractivity contribution in [1.82, 2.24) is 5.32 Å². The Balaban J connectivity index is 3.31. The number of carbonyl (C=O) groups excluding carboxylic acids is 1. The number of amides is 1. The van der Waals surface area contributed by atoms with E-state index in [2.05, 4.69) is 19.2 Å². The van der Waals surface area contributed by atoms with E-state index in [9.17, 15) is 15.0 Å². The zero-order valence-electron chi connectivity index (χ0n) is 32.1. The van der Waals surface area contributed by atoms with Gasteiger partial charge in [-0.1, -0.05) is 225 Å². The van der Waals surface area contributed by atoms with Gasteiger partial charge in [-0.2, -0.15) is 0 Å². The molecule has 3 N–H and O–H groups in total. The first-order valence-corrected chi connectivity index (χ1v) is 21.4. The Hall–Kier alpha value is -0.870. The van der Waals surface area contributed by atoms with Crippen LogP contribution in [-0.2, 0) is 4.79 Å². The minimum absolute atomic E-state index is 0.0669. The van der Waals surface area contributed by atoms with Crippen molar-refractivity contribution >= 4 is 5.91 Å². The minimum Gasteiger partial charge on any atom is -0.394 e. The van der Waals surface area contributed by atoms with E-state index < -0.39 is 12.1 Å². The van der Waals surface area contributed by atoms with Gasteiger partial charge in [0.05, 0.1) is 18.8 Å². The highest BCUT2D eigenvalue weighted by molar-refractivity contribution is 5.76. The van der Waals surface area contributed by atoms with E-state index in [0.717, 1.165) is 25.7 Å². The first kappa shape index (κ1) is 46.1. The highest BCUT2D eigenvalue weighted by Crippen LogP contribution is 2.17. The van der Waals surface area contributed by atoms with Crippen LogP contribution in [0.1, 0.15) is 239 Å². The monoisotopic (exact) mass is 664 g/mol. The van der Waals surface area contributed by atoms with E-state index in [1.807, 2.05) is 6.08 Å². The number of unbranched alkanes of at least 4 members (excludes halogenated alkanes) is 32. The van der Waals surface area contributed by atoms with Crippen molar-refractivity contribution in [3.63, 3.8) is 0 Å². The minimum atomic E-state index is -0.830. The average Bonchev–Trinajstić information content (AvgIpc) is 3.07. The van der Waals surface area contributed by atoms with Gasteiger partial charge in [0, 0.05) is 6.42 Å². The molecular weight excluding hydrogens is 578 g/mol. The Labute approximate surface area is 295 Å². The van der Waals surface area contributed by atoms with E-state index in [0.29, 0.717) is 6.42 Å². The molecule has 0 aliphatic carbocycles. The number of allylic oxidation sites excluding steroid dienone is 1. The fourth-order valence-electron chi connectivity index (χ4n) is 6.71. The predicted octanol–water partition coefficient (Wildman–Crippen LogP) is 13.1. The van der Waals surface area contributed by atoms with Crippen LogP contribution in [0.25, 0.3) is 0 Å². The smallest absolute Gasteiger partial charge is 0.220 e. The number of rotatable bonds is 39. The largest absolute Gasteiger partial charge is 0.394 e. The molecule has 2 unspecified atom stereocenters. The van der Waals surface area contributed by atoms with Crippen molar-refractivity contribution in [3.8, 4) is 0 Å². The van der Waals surface area contributed by atoms with Gasteiger partial charge >= 0.3 is 0 Å². The average molecular weight is 664 g/mol. The predicted molar refractivity (Wildman–Crippen MR) is 207 cm³/mol. The molecule has 0 rings (SSSR count). The van der Waals surface area contributed by atoms with Gasteiger partial charge in [0.25, 0.3) is 0 Å². The fourth-order valence-corrected chi connectivity index (χ4v) is 6.71. The lowest BCUT2D eigenvalue weighted by Crippen LogP contribution is -2.45. The number of aliphatic hydroxyl groups is 2. The molecular formula is C43H85NO3. The van der Waals surface area contributed by atoms with Crippen LogP contribution in [0.5, 0.6) is 0 Å². The summed E-state index contributed by atoms with van der Waals surface area (Å²) in [5.74, 6) is -0.0669. The standard InChI is InChI=1S/C43H85NO3/c1-3-5-7-9-10-11-12-13-14-15-16-17-18-19-20-21-22-23-24-25-26-27-28-29-30-31-32-33-35-37-39-43(47)44-41(40-45)42(46)38-36-34-8-6-4-2/h36,38,41-42,45-46H,3-35,37,39-40H2,1-2H3,(H,44,47)/b38-36+. The third kappa shape index (κ3) is 36.2. The molecule has 0 aromatic carbocycles. The van der Waals surface area contributed by atoms with Gasteiger partial charge in [-0.3, -0.25) is 4.79 Å². The van der Waals surface area contributed by atoms with Gasteiger partial charge in [0.2, 0.25) is 5.91 Å². The lowest BCUT2D eigenvalue weighted by Gasteiger charge is -2.20. The van der Waals surface area contributed by atoms with Crippen molar-refractivity contribution < 1.29 is 15.0 Å². The number of nitrogens with one attached hydrogen (secondary N) is 1. The van der Waals surface area contributed by atoms with Crippen LogP contribution in [0, 0.1) is 0 Å². The molecule has 2 atom stereocenters. The van der Waals surface area contributed by atoms with Crippen molar-refractivity contribution in [2.24, 2.45) is 0 Å². The molecule has 4 heteroatoms. The summed E-state index contributed by atoms with van der Waals surface area (Å²) < 4.78 is 0. The third-order valence-corrected chi connectivity index (χ3v) is 10.0. The Morgan fingerprint density at radius 2 is 0.787 bits per heavy atom. The summed E-state index contributed by atoms with van der Waals surface area (Å²) in [6.45, 7) is 4.22. The second-order valence-electron chi connectivity index (χ2n) is 14.8. The SMILES string of the molecule is CCCCC/C=C/C(O)C(CO)NC(=O)CCCCCCCCCCCCCCCCCCCCCCCCCCCCCCCC. The van der Waals surface area contributed by atoms with Crippen LogP contribution < -0.4 is 5.32 Å². The Kier molecular flexibility index (Phi) is 38.8. The summed E-state index contributed by atoms with van der Waals surface area (Å²) in [6.07, 6.45) is 49.5. The highest BCUT2D eigenvalue weighted by Gasteiger charge is 2.17. The van der Waals surface area contributed by atoms with E-state index in [4.69, 9.17) is 0 Å². The van der Waals surface area contributed by atoms with Crippen LogP contribution in [0.15, 0.2) is 12.2 Å².